The molecule has 0 spiro atoms. The number of rotatable bonds is 3. The third-order valence-corrected chi connectivity index (χ3v) is 2.86. The number of carbonyl (C=O) groups is 1. The molecule has 6 nitrogen and oxygen atoms in total. The van der Waals surface area contributed by atoms with E-state index < -0.39 is 12.0 Å². The van der Waals surface area contributed by atoms with Crippen LogP contribution in [0.25, 0.3) is 0 Å². The Balaban J connectivity index is 2.31. The molecule has 1 aromatic rings. The second-order valence-corrected chi connectivity index (χ2v) is 4.21. The summed E-state index contributed by atoms with van der Waals surface area (Å²) in [6, 6.07) is 0.593. The fourth-order valence-electron chi connectivity index (χ4n) is 1.97. The zero-order valence-electron chi connectivity index (χ0n) is 9.76. The van der Waals surface area contributed by atoms with Crippen LogP contribution in [0.4, 0.5) is 5.82 Å². The van der Waals surface area contributed by atoms with Gasteiger partial charge in [0, 0.05) is 19.2 Å². The van der Waals surface area contributed by atoms with Gasteiger partial charge in [0.25, 0.3) is 0 Å². The predicted molar refractivity (Wildman–Crippen MR) is 62.8 cm³/mol. The quantitative estimate of drug-likeness (QED) is 0.792. The summed E-state index contributed by atoms with van der Waals surface area (Å²) in [6.07, 6.45) is 2.28. The van der Waals surface area contributed by atoms with Crippen molar-refractivity contribution >= 4 is 11.8 Å². The average Bonchev–Trinajstić information content (AvgIpc) is 2.80. The predicted octanol–water partition coefficient (Wildman–Crippen LogP) is 0.470. The highest BCUT2D eigenvalue weighted by Crippen LogP contribution is 2.20. The summed E-state index contributed by atoms with van der Waals surface area (Å²) in [5.41, 5.74) is 5.93. The number of aliphatic carboxylic acids is 1. The molecule has 0 aliphatic carbocycles. The van der Waals surface area contributed by atoms with Crippen LogP contribution in [0.15, 0.2) is 6.07 Å². The fourth-order valence-corrected chi connectivity index (χ4v) is 1.97. The molecule has 0 aromatic carbocycles. The number of aromatic nitrogens is 2. The van der Waals surface area contributed by atoms with Crippen LogP contribution in [0.5, 0.6) is 0 Å². The van der Waals surface area contributed by atoms with Crippen molar-refractivity contribution in [3.05, 3.63) is 17.6 Å². The molecule has 1 aliphatic rings. The smallest absolute Gasteiger partial charge is 0.326 e. The van der Waals surface area contributed by atoms with E-state index >= 15 is 0 Å². The van der Waals surface area contributed by atoms with E-state index in [0.717, 1.165) is 31.7 Å². The highest BCUT2D eigenvalue weighted by molar-refractivity contribution is 5.74. The Bertz CT molecular complexity index is 429. The molecule has 2 heterocycles. The first kappa shape index (κ1) is 11.8. The fraction of sp³-hybridized carbons (Fsp3) is 0.545. The van der Waals surface area contributed by atoms with E-state index in [0.29, 0.717) is 11.5 Å². The zero-order chi connectivity index (χ0) is 12.4. The Kier molecular flexibility index (Phi) is 3.23. The topological polar surface area (TPSA) is 92.3 Å². The number of aryl methyl sites for hydroxylation is 1. The van der Waals surface area contributed by atoms with Crippen molar-refractivity contribution in [2.45, 2.75) is 25.8 Å². The van der Waals surface area contributed by atoms with Gasteiger partial charge in [0.1, 0.15) is 17.7 Å². The summed E-state index contributed by atoms with van der Waals surface area (Å²) in [6.45, 7) is 3.66. The molecule has 2 rings (SSSR count). The Morgan fingerprint density at radius 3 is 2.71 bits per heavy atom. The third-order valence-electron chi connectivity index (χ3n) is 2.86. The lowest BCUT2D eigenvalue weighted by molar-refractivity contribution is -0.138. The maximum Gasteiger partial charge on any atom is 0.326 e. The molecule has 1 aromatic heterocycles. The van der Waals surface area contributed by atoms with Crippen molar-refractivity contribution in [2.24, 2.45) is 5.73 Å². The van der Waals surface area contributed by atoms with Gasteiger partial charge in [-0.1, -0.05) is 0 Å². The monoisotopic (exact) mass is 236 g/mol. The Hall–Kier alpha value is -1.69. The molecule has 3 N–H and O–H groups in total. The van der Waals surface area contributed by atoms with Gasteiger partial charge >= 0.3 is 5.97 Å². The molecular weight excluding hydrogens is 220 g/mol. The number of hydrogen-bond donors (Lipinski definition) is 2. The number of anilines is 1. The molecule has 17 heavy (non-hydrogen) atoms. The lowest BCUT2D eigenvalue weighted by atomic mass is 10.2. The van der Waals surface area contributed by atoms with Crippen LogP contribution in [-0.4, -0.2) is 34.1 Å². The Labute approximate surface area is 99.5 Å². The largest absolute Gasteiger partial charge is 0.480 e. The second kappa shape index (κ2) is 4.67. The van der Waals surface area contributed by atoms with E-state index in [9.17, 15) is 4.79 Å². The van der Waals surface area contributed by atoms with Crippen molar-refractivity contribution in [3.8, 4) is 0 Å². The SMILES string of the molecule is Cc1nc(C(N)C(=O)O)cc(N2CCCC2)n1. The molecular formula is C11H16N4O2. The van der Waals surface area contributed by atoms with Crippen molar-refractivity contribution < 1.29 is 9.90 Å². The number of carboxylic acid groups (broad SMARTS) is 1. The summed E-state index contributed by atoms with van der Waals surface area (Å²) in [5, 5.41) is 8.88. The van der Waals surface area contributed by atoms with E-state index in [-0.39, 0.29) is 0 Å². The van der Waals surface area contributed by atoms with Crippen LogP contribution >= 0.6 is 0 Å². The lowest BCUT2D eigenvalue weighted by Crippen LogP contribution is -2.25. The van der Waals surface area contributed by atoms with E-state index in [1.807, 2.05) is 0 Å². The van der Waals surface area contributed by atoms with Crippen molar-refractivity contribution in [2.75, 3.05) is 18.0 Å². The van der Waals surface area contributed by atoms with E-state index in [1.165, 1.54) is 0 Å². The summed E-state index contributed by atoms with van der Waals surface area (Å²) < 4.78 is 0. The maximum atomic E-state index is 10.8. The van der Waals surface area contributed by atoms with Crippen molar-refractivity contribution in [3.63, 3.8) is 0 Å². The van der Waals surface area contributed by atoms with Crippen LogP contribution in [0.3, 0.4) is 0 Å². The van der Waals surface area contributed by atoms with Gasteiger partial charge in [-0.3, -0.25) is 4.79 Å². The lowest BCUT2D eigenvalue weighted by Gasteiger charge is -2.18. The van der Waals surface area contributed by atoms with Crippen molar-refractivity contribution in [1.82, 2.24) is 9.97 Å². The third kappa shape index (κ3) is 2.52. The molecule has 0 amide bonds. The number of nitrogens with zero attached hydrogens (tertiary/aromatic N) is 3. The molecule has 1 saturated heterocycles. The van der Waals surface area contributed by atoms with Gasteiger partial charge in [0.2, 0.25) is 0 Å². The van der Waals surface area contributed by atoms with E-state index in [1.54, 1.807) is 13.0 Å². The van der Waals surface area contributed by atoms with E-state index in [2.05, 4.69) is 14.9 Å². The highest BCUT2D eigenvalue weighted by atomic mass is 16.4. The standard InChI is InChI=1S/C11H16N4O2/c1-7-13-8(10(12)11(16)17)6-9(14-7)15-4-2-3-5-15/h6,10H,2-5,12H2,1H3,(H,16,17). The van der Waals surface area contributed by atoms with Gasteiger partial charge in [-0.15, -0.1) is 0 Å². The molecule has 1 fully saturated rings. The van der Waals surface area contributed by atoms with Crippen molar-refractivity contribution in [1.29, 1.82) is 0 Å². The average molecular weight is 236 g/mol. The minimum absolute atomic E-state index is 0.368. The normalized spacial score (nSPS) is 17.2. The van der Waals surface area contributed by atoms with Gasteiger partial charge in [-0.25, -0.2) is 9.97 Å². The van der Waals surface area contributed by atoms with E-state index in [4.69, 9.17) is 10.8 Å². The first-order valence-electron chi connectivity index (χ1n) is 5.67. The molecule has 0 bridgehead atoms. The maximum absolute atomic E-state index is 10.8. The molecule has 6 heteroatoms. The van der Waals surface area contributed by atoms with Gasteiger partial charge < -0.3 is 15.7 Å². The number of hydrogen-bond acceptors (Lipinski definition) is 5. The summed E-state index contributed by atoms with van der Waals surface area (Å²) >= 11 is 0. The second-order valence-electron chi connectivity index (χ2n) is 4.21. The van der Waals surface area contributed by atoms with Crippen LogP contribution < -0.4 is 10.6 Å². The molecule has 1 aliphatic heterocycles. The van der Waals surface area contributed by atoms with Gasteiger partial charge in [0.15, 0.2) is 0 Å². The first-order valence-corrected chi connectivity index (χ1v) is 5.67. The molecule has 1 unspecified atom stereocenters. The minimum atomic E-state index is -1.09. The molecule has 92 valence electrons. The van der Waals surface area contributed by atoms with Gasteiger partial charge in [0.05, 0.1) is 5.69 Å². The summed E-state index contributed by atoms with van der Waals surface area (Å²) in [5.74, 6) is 0.262. The number of nitrogens with two attached hydrogens (primary N) is 1. The van der Waals surface area contributed by atoms with Crippen LogP contribution in [-0.2, 0) is 4.79 Å². The van der Waals surface area contributed by atoms with Crippen LogP contribution in [0.1, 0.15) is 30.4 Å². The molecule has 1 atom stereocenters. The zero-order valence-corrected chi connectivity index (χ0v) is 9.76. The van der Waals surface area contributed by atoms with Gasteiger partial charge in [-0.05, 0) is 19.8 Å². The summed E-state index contributed by atoms with van der Waals surface area (Å²) in [7, 11) is 0. The Morgan fingerprint density at radius 1 is 1.47 bits per heavy atom. The van der Waals surface area contributed by atoms with Crippen LogP contribution in [0.2, 0.25) is 0 Å². The Morgan fingerprint density at radius 2 is 2.12 bits per heavy atom. The first-order chi connectivity index (χ1) is 8.08. The highest BCUT2D eigenvalue weighted by Gasteiger charge is 2.20. The minimum Gasteiger partial charge on any atom is -0.480 e. The molecule has 0 saturated carbocycles. The van der Waals surface area contributed by atoms with Crippen LogP contribution in [0, 0.1) is 6.92 Å². The molecule has 0 radical (unpaired) electrons. The summed E-state index contributed by atoms with van der Waals surface area (Å²) in [4.78, 5) is 21.4. The number of carboxylic acids is 1. The van der Waals surface area contributed by atoms with Gasteiger partial charge in [-0.2, -0.15) is 0 Å².